The molecule has 1 aliphatic heterocycles. The Hall–Kier alpha value is -4.07. The molecule has 3 aromatic rings. The Kier molecular flexibility index (Phi) is 7.19. The van der Waals surface area contributed by atoms with Crippen molar-refractivity contribution in [3.8, 4) is 11.5 Å². The highest BCUT2D eigenvalue weighted by Gasteiger charge is 2.45. The molecule has 0 spiro atoms. The molecule has 182 valence electrons. The number of likely N-dealkylation sites (tertiary alicyclic amines) is 1. The number of aliphatic hydroxyl groups excluding tert-OH is 1. The minimum Gasteiger partial charge on any atom is -0.507 e. The third-order valence-corrected chi connectivity index (χ3v) is 5.85. The van der Waals surface area contributed by atoms with Gasteiger partial charge in [0.05, 0.1) is 31.2 Å². The molecule has 0 bridgehead atoms. The summed E-state index contributed by atoms with van der Waals surface area (Å²) in [6.07, 6.45) is 5.90. The van der Waals surface area contributed by atoms with Gasteiger partial charge in [0.25, 0.3) is 11.7 Å². The van der Waals surface area contributed by atoms with E-state index in [4.69, 9.17) is 9.47 Å². The molecule has 1 atom stereocenters. The number of imidazole rings is 1. The van der Waals surface area contributed by atoms with Gasteiger partial charge in [0.15, 0.2) is 0 Å². The van der Waals surface area contributed by atoms with E-state index in [0.29, 0.717) is 36.6 Å². The molecule has 0 aliphatic carbocycles. The van der Waals surface area contributed by atoms with E-state index in [1.54, 1.807) is 43.9 Å². The second kappa shape index (κ2) is 10.5. The van der Waals surface area contributed by atoms with E-state index in [1.165, 1.54) is 4.90 Å². The van der Waals surface area contributed by atoms with Crippen molar-refractivity contribution in [1.82, 2.24) is 14.5 Å². The van der Waals surface area contributed by atoms with Crippen LogP contribution in [0.15, 0.2) is 72.8 Å². The Morgan fingerprint density at radius 3 is 2.31 bits per heavy atom. The zero-order valence-electron chi connectivity index (χ0n) is 20.0. The van der Waals surface area contributed by atoms with Gasteiger partial charge in [0, 0.05) is 31.0 Å². The molecule has 35 heavy (non-hydrogen) atoms. The fourth-order valence-electron chi connectivity index (χ4n) is 4.21. The van der Waals surface area contributed by atoms with Crippen LogP contribution < -0.4 is 9.47 Å². The van der Waals surface area contributed by atoms with Gasteiger partial charge in [-0.05, 0) is 62.2 Å². The van der Waals surface area contributed by atoms with E-state index >= 15 is 0 Å². The standard InChI is InChI=1S/C27H29N3O5/c1-18(2)35-22-11-5-19(6-12-22)24-23(25(31)20-7-9-21(34-3)10-8-20)26(32)27(33)30(24)15-4-14-29-16-13-28-17-29/h5-13,16-18,24,31H,4,14-15H2,1-3H3/b25-23+/t24-/m1/s1. The lowest BCUT2D eigenvalue weighted by molar-refractivity contribution is -0.139. The molecule has 1 N–H and O–H groups in total. The molecule has 0 radical (unpaired) electrons. The Morgan fingerprint density at radius 2 is 1.71 bits per heavy atom. The maximum atomic E-state index is 13.2. The summed E-state index contributed by atoms with van der Waals surface area (Å²) in [6.45, 7) is 4.88. The van der Waals surface area contributed by atoms with Crippen LogP contribution in [-0.4, -0.2) is 51.0 Å². The summed E-state index contributed by atoms with van der Waals surface area (Å²) < 4.78 is 12.8. The van der Waals surface area contributed by atoms with E-state index in [0.717, 1.165) is 5.56 Å². The predicted octanol–water partition coefficient (Wildman–Crippen LogP) is 4.19. The minimum absolute atomic E-state index is 0.0183. The van der Waals surface area contributed by atoms with E-state index in [1.807, 2.05) is 48.9 Å². The Labute approximate surface area is 204 Å². The van der Waals surface area contributed by atoms with Gasteiger partial charge in [0.2, 0.25) is 0 Å². The first-order chi connectivity index (χ1) is 16.9. The number of aromatic nitrogens is 2. The average molecular weight is 476 g/mol. The third-order valence-electron chi connectivity index (χ3n) is 5.85. The van der Waals surface area contributed by atoms with Crippen LogP contribution in [0.1, 0.15) is 37.4 Å². The van der Waals surface area contributed by atoms with Crippen LogP contribution in [0.3, 0.4) is 0 Å². The molecule has 1 fully saturated rings. The van der Waals surface area contributed by atoms with Crippen molar-refractivity contribution < 1.29 is 24.2 Å². The van der Waals surface area contributed by atoms with Crippen LogP contribution in [-0.2, 0) is 16.1 Å². The molecule has 1 amide bonds. The Morgan fingerprint density at radius 1 is 1.03 bits per heavy atom. The highest BCUT2D eigenvalue weighted by atomic mass is 16.5. The largest absolute Gasteiger partial charge is 0.507 e. The smallest absolute Gasteiger partial charge is 0.295 e. The highest BCUT2D eigenvalue weighted by molar-refractivity contribution is 6.46. The molecule has 8 nitrogen and oxygen atoms in total. The molecule has 8 heteroatoms. The second-order valence-corrected chi connectivity index (χ2v) is 8.61. The summed E-state index contributed by atoms with van der Waals surface area (Å²) in [4.78, 5) is 31.8. The van der Waals surface area contributed by atoms with Gasteiger partial charge in [0.1, 0.15) is 17.3 Å². The van der Waals surface area contributed by atoms with Crippen molar-refractivity contribution >= 4 is 17.4 Å². The van der Waals surface area contributed by atoms with E-state index in [9.17, 15) is 14.7 Å². The number of ketones is 1. The van der Waals surface area contributed by atoms with Crippen LogP contribution >= 0.6 is 0 Å². The maximum absolute atomic E-state index is 13.2. The quantitative estimate of drug-likeness (QED) is 0.283. The van der Waals surface area contributed by atoms with Gasteiger partial charge >= 0.3 is 0 Å². The monoisotopic (exact) mass is 475 g/mol. The van der Waals surface area contributed by atoms with Gasteiger partial charge in [-0.3, -0.25) is 9.59 Å². The molecule has 1 aliphatic rings. The number of Topliss-reactive ketones (excluding diaryl/α,β-unsaturated/α-hetero) is 1. The van der Waals surface area contributed by atoms with E-state index in [-0.39, 0.29) is 17.4 Å². The predicted molar refractivity (Wildman–Crippen MR) is 131 cm³/mol. The van der Waals surface area contributed by atoms with Gasteiger partial charge in [-0.25, -0.2) is 4.98 Å². The molecule has 2 aromatic carbocycles. The summed E-state index contributed by atoms with van der Waals surface area (Å²) in [7, 11) is 1.55. The molecular weight excluding hydrogens is 446 g/mol. The number of amides is 1. The average Bonchev–Trinajstić information content (AvgIpc) is 3.46. The van der Waals surface area contributed by atoms with Crippen LogP contribution in [0.4, 0.5) is 0 Å². The Balaban J connectivity index is 1.71. The van der Waals surface area contributed by atoms with Crippen molar-refractivity contribution in [1.29, 1.82) is 0 Å². The lowest BCUT2D eigenvalue weighted by atomic mass is 9.95. The maximum Gasteiger partial charge on any atom is 0.295 e. The number of hydrogen-bond acceptors (Lipinski definition) is 6. The summed E-state index contributed by atoms with van der Waals surface area (Å²) in [5.41, 5.74) is 1.23. The summed E-state index contributed by atoms with van der Waals surface area (Å²) in [5, 5.41) is 11.2. The summed E-state index contributed by atoms with van der Waals surface area (Å²) >= 11 is 0. The number of ether oxygens (including phenoxy) is 2. The van der Waals surface area contributed by atoms with Gasteiger partial charge in [-0.1, -0.05) is 12.1 Å². The second-order valence-electron chi connectivity index (χ2n) is 8.61. The van der Waals surface area contributed by atoms with E-state index in [2.05, 4.69) is 4.98 Å². The van der Waals surface area contributed by atoms with Crippen molar-refractivity contribution in [2.75, 3.05) is 13.7 Å². The van der Waals surface area contributed by atoms with Crippen molar-refractivity contribution in [2.45, 2.75) is 39.0 Å². The van der Waals surface area contributed by atoms with Crippen molar-refractivity contribution in [2.24, 2.45) is 0 Å². The van der Waals surface area contributed by atoms with Crippen molar-refractivity contribution in [3.05, 3.63) is 84.0 Å². The topological polar surface area (TPSA) is 93.9 Å². The number of rotatable bonds is 9. The molecule has 4 rings (SSSR count). The number of carbonyl (C=O) groups is 2. The third kappa shape index (κ3) is 5.21. The summed E-state index contributed by atoms with van der Waals surface area (Å²) in [6, 6.07) is 13.3. The first-order valence-electron chi connectivity index (χ1n) is 11.5. The minimum atomic E-state index is -0.715. The number of benzene rings is 2. The SMILES string of the molecule is COc1ccc(/C(O)=C2\C(=O)C(=O)N(CCCn3ccnc3)[C@@H]2c2ccc(OC(C)C)cc2)cc1. The van der Waals surface area contributed by atoms with Gasteiger partial charge in [-0.2, -0.15) is 0 Å². The number of nitrogens with zero attached hydrogens (tertiary/aromatic N) is 3. The van der Waals surface area contributed by atoms with Crippen LogP contribution in [0.5, 0.6) is 11.5 Å². The number of methoxy groups -OCH3 is 1. The molecule has 1 aromatic heterocycles. The fraction of sp³-hybridized carbons (Fsp3) is 0.296. The zero-order valence-corrected chi connectivity index (χ0v) is 20.0. The number of hydrogen-bond donors (Lipinski definition) is 1. The first kappa shape index (κ1) is 24.1. The first-order valence-corrected chi connectivity index (χ1v) is 11.5. The van der Waals surface area contributed by atoms with Crippen LogP contribution in [0, 0.1) is 0 Å². The normalized spacial score (nSPS) is 17.3. The van der Waals surface area contributed by atoms with Crippen LogP contribution in [0.2, 0.25) is 0 Å². The zero-order chi connectivity index (χ0) is 24.9. The van der Waals surface area contributed by atoms with Crippen LogP contribution in [0.25, 0.3) is 5.76 Å². The molecule has 1 saturated heterocycles. The van der Waals surface area contributed by atoms with E-state index < -0.39 is 17.7 Å². The molecule has 0 saturated carbocycles. The van der Waals surface area contributed by atoms with Gasteiger partial charge in [-0.15, -0.1) is 0 Å². The lowest BCUT2D eigenvalue weighted by Crippen LogP contribution is -2.31. The number of aryl methyl sites for hydroxylation is 1. The molecular formula is C27H29N3O5. The fourth-order valence-corrected chi connectivity index (χ4v) is 4.21. The lowest BCUT2D eigenvalue weighted by Gasteiger charge is -2.25. The van der Waals surface area contributed by atoms with Gasteiger partial charge < -0.3 is 24.0 Å². The highest BCUT2D eigenvalue weighted by Crippen LogP contribution is 2.40. The summed E-state index contributed by atoms with van der Waals surface area (Å²) in [5.74, 6) is -0.225. The Bertz CT molecular complexity index is 1200. The van der Waals surface area contributed by atoms with Crippen molar-refractivity contribution in [3.63, 3.8) is 0 Å². The molecule has 2 heterocycles. The molecule has 0 unspecified atom stereocenters. The number of aliphatic hydroxyl groups is 1. The number of carbonyl (C=O) groups excluding carboxylic acids is 2.